The summed E-state index contributed by atoms with van der Waals surface area (Å²) in [7, 11) is -8.30. The second kappa shape index (κ2) is 35.1. The summed E-state index contributed by atoms with van der Waals surface area (Å²) < 4.78 is 56.0. The summed E-state index contributed by atoms with van der Waals surface area (Å²) >= 11 is 0. The summed E-state index contributed by atoms with van der Waals surface area (Å²) in [6.45, 7) is 33.4. The van der Waals surface area contributed by atoms with Crippen LogP contribution < -0.4 is 51.8 Å². The standard InChI is InChI=1S/2C9H15N.2C2H4O3S.CH4.ClH.Na/c2*1-4-7-10(8-5-2)9-6-3;2*1-2-6(3,4)5;;;/h2*4-6H,1-3,7-9H2;2*2H,1H2,(H,3,4,5);1H4;1H;/q;;;;;;+1/p-1. The second-order valence-corrected chi connectivity index (χ2v) is 8.41. The Bertz CT molecular complexity index is 649. The maximum Gasteiger partial charge on any atom is 1.00 e. The van der Waals surface area contributed by atoms with Crippen LogP contribution >= 0.6 is 0 Å². The van der Waals surface area contributed by atoms with E-state index in [0.29, 0.717) is 10.8 Å². The van der Waals surface area contributed by atoms with E-state index in [9.17, 15) is 25.9 Å². The molecule has 200 valence electrons. The fourth-order valence-electron chi connectivity index (χ4n) is 1.72. The molecule has 0 aromatic heterocycles. The van der Waals surface area contributed by atoms with E-state index in [0.717, 1.165) is 39.3 Å². The van der Waals surface area contributed by atoms with Crippen LogP contribution in [-0.2, 0) is 20.2 Å². The zero-order valence-electron chi connectivity index (χ0n) is 20.2. The van der Waals surface area contributed by atoms with Crippen molar-refractivity contribution in [2.45, 2.75) is 7.43 Å². The minimum Gasteiger partial charge on any atom is -1.00 e. The van der Waals surface area contributed by atoms with Gasteiger partial charge in [0.2, 0.25) is 0 Å². The van der Waals surface area contributed by atoms with Gasteiger partial charge in [-0.25, -0.2) is 16.8 Å². The molecule has 0 fully saturated rings. The summed E-state index contributed by atoms with van der Waals surface area (Å²) in [6.07, 6.45) is 11.5. The van der Waals surface area contributed by atoms with E-state index >= 15 is 0 Å². The molecule has 8 nitrogen and oxygen atoms in total. The van der Waals surface area contributed by atoms with Crippen LogP contribution in [0.2, 0.25) is 0 Å². The summed E-state index contributed by atoms with van der Waals surface area (Å²) in [5, 5.41) is 0.708. The zero-order chi connectivity index (χ0) is 26.1. The van der Waals surface area contributed by atoms with Crippen LogP contribution in [0, 0.1) is 0 Å². The number of hydrogen-bond acceptors (Lipinski definition) is 6. The smallest absolute Gasteiger partial charge is 1.00 e. The molecule has 0 aliphatic rings. The average molecular weight is 565 g/mol. The second-order valence-electron chi connectivity index (χ2n) is 5.78. The molecule has 0 unspecified atom stereocenters. The molecule has 0 aliphatic heterocycles. The molecule has 0 bridgehead atoms. The van der Waals surface area contributed by atoms with Gasteiger partial charge in [0.15, 0.2) is 0 Å². The molecule has 0 atom stereocenters. The first-order valence-electron chi connectivity index (χ1n) is 9.31. The first-order valence-corrected chi connectivity index (χ1v) is 12.3. The van der Waals surface area contributed by atoms with Gasteiger partial charge < -0.3 is 31.3 Å². The van der Waals surface area contributed by atoms with Gasteiger partial charge in [-0.2, -0.15) is 0 Å². The van der Waals surface area contributed by atoms with Crippen molar-refractivity contribution in [3.63, 3.8) is 0 Å². The van der Waals surface area contributed by atoms with Gasteiger partial charge in [-0.05, 0) is 36.5 Å². The van der Waals surface area contributed by atoms with Crippen LogP contribution in [0.4, 0.5) is 0 Å². The average Bonchev–Trinajstić information content (AvgIpc) is 2.70. The molecule has 12 heteroatoms. The molecule has 2 N–H and O–H groups in total. The molecular weight excluding hydrogens is 523 g/mol. The van der Waals surface area contributed by atoms with Crippen molar-refractivity contribution in [3.05, 3.63) is 99.9 Å². The normalized spacial score (nSPS) is 9.03. The van der Waals surface area contributed by atoms with Crippen molar-refractivity contribution in [3.8, 4) is 0 Å². The van der Waals surface area contributed by atoms with E-state index in [1.54, 1.807) is 0 Å². The first-order chi connectivity index (χ1) is 14.8. The fraction of sp³-hybridized carbons (Fsp3) is 0.304. The monoisotopic (exact) mass is 564 g/mol. The molecule has 0 radical (unpaired) electrons. The molecule has 35 heavy (non-hydrogen) atoms. The van der Waals surface area contributed by atoms with Crippen LogP contribution in [0.1, 0.15) is 7.43 Å². The summed E-state index contributed by atoms with van der Waals surface area (Å²) in [5.41, 5.74) is 0. The number of nitrogens with one attached hydrogen (secondary N) is 2. The Labute approximate surface area is 243 Å². The van der Waals surface area contributed by atoms with Crippen molar-refractivity contribution in [2.75, 3.05) is 39.3 Å². The molecule has 0 saturated carbocycles. The summed E-state index contributed by atoms with van der Waals surface area (Å²) in [5.74, 6) is 0. The maximum atomic E-state index is 9.33. The number of rotatable bonds is 14. The van der Waals surface area contributed by atoms with Crippen molar-refractivity contribution >= 4 is 20.2 Å². The first kappa shape index (κ1) is 50.7. The van der Waals surface area contributed by atoms with Crippen LogP contribution in [0.15, 0.2) is 99.9 Å². The van der Waals surface area contributed by atoms with Crippen molar-refractivity contribution in [1.29, 1.82) is 0 Å². The topological polar surface area (TPSA) is 123 Å². The van der Waals surface area contributed by atoms with E-state index < -0.39 is 20.2 Å². The van der Waals surface area contributed by atoms with E-state index in [2.05, 4.69) is 52.6 Å². The van der Waals surface area contributed by atoms with Gasteiger partial charge in [0.25, 0.3) is 0 Å². The van der Waals surface area contributed by atoms with E-state index in [1.165, 1.54) is 9.80 Å². The fourth-order valence-corrected chi connectivity index (χ4v) is 1.72. The van der Waals surface area contributed by atoms with Gasteiger partial charge in [0.05, 0.1) is 39.3 Å². The molecule has 0 amide bonds. The van der Waals surface area contributed by atoms with E-state index in [-0.39, 0.29) is 49.4 Å². The quantitative estimate of drug-likeness (QED) is 0.124. The van der Waals surface area contributed by atoms with Gasteiger partial charge in [-0.1, -0.05) is 60.1 Å². The van der Waals surface area contributed by atoms with Crippen molar-refractivity contribution < 1.29 is 77.7 Å². The van der Waals surface area contributed by atoms with Crippen LogP contribution in [0.5, 0.6) is 0 Å². The Morgan fingerprint density at radius 3 is 0.686 bits per heavy atom. The number of hydrogen-bond donors (Lipinski definition) is 2. The van der Waals surface area contributed by atoms with Gasteiger partial charge in [0.1, 0.15) is 20.2 Å². The Morgan fingerprint density at radius 2 is 0.629 bits per heavy atom. The summed E-state index contributed by atoms with van der Waals surface area (Å²) in [4.78, 5) is 2.86. The van der Waals surface area contributed by atoms with Crippen molar-refractivity contribution in [2.24, 2.45) is 0 Å². The third-order valence-corrected chi connectivity index (χ3v) is 3.82. The Hall–Kier alpha value is -1.05. The van der Waals surface area contributed by atoms with Gasteiger partial charge in [-0.15, -0.1) is 0 Å². The van der Waals surface area contributed by atoms with Gasteiger partial charge in [-0.3, -0.25) is 0 Å². The van der Waals surface area contributed by atoms with Crippen LogP contribution in [0.25, 0.3) is 0 Å². The van der Waals surface area contributed by atoms with Crippen LogP contribution in [0.3, 0.4) is 0 Å². The minimum absolute atomic E-state index is 0. The Morgan fingerprint density at radius 1 is 0.514 bits per heavy atom. The predicted octanol–water partition coefficient (Wildman–Crippen LogP) is -5.15. The Kier molecular flexibility index (Phi) is 50.9. The third-order valence-electron chi connectivity index (χ3n) is 3.01. The molecule has 0 spiro atoms. The SMILES string of the molecule is C.C=CC[NH+](CC=C)CC=C.C=CC[NH+](CC=C)CC=C.C=CS(=O)(=O)[O-].C=CS(=O)(=O)[O-].[Cl-].[Na+]. The van der Waals surface area contributed by atoms with Gasteiger partial charge >= 0.3 is 29.6 Å². The minimum atomic E-state index is -4.15. The molecule has 0 aliphatic carbocycles. The molecule has 0 heterocycles. The Balaban J connectivity index is -0.0000000596. The van der Waals surface area contributed by atoms with E-state index in [1.807, 2.05) is 36.5 Å². The number of halogens is 1. The van der Waals surface area contributed by atoms with Crippen LogP contribution in [-0.4, -0.2) is 65.2 Å². The predicted molar refractivity (Wildman–Crippen MR) is 139 cm³/mol. The van der Waals surface area contributed by atoms with Crippen molar-refractivity contribution in [1.82, 2.24) is 0 Å². The molecule has 0 saturated heterocycles. The molecular formula is C23H42ClN2NaO6S2. The third kappa shape index (κ3) is 59.9. The molecule has 0 aromatic carbocycles. The molecule has 0 rings (SSSR count). The molecule has 0 aromatic rings. The van der Waals surface area contributed by atoms with E-state index in [4.69, 9.17) is 0 Å². The zero-order valence-corrected chi connectivity index (χ0v) is 24.6. The maximum absolute atomic E-state index is 9.33. The van der Waals surface area contributed by atoms with Gasteiger partial charge in [0, 0.05) is 10.8 Å². The summed E-state index contributed by atoms with van der Waals surface area (Å²) in [6, 6.07) is 0. The number of quaternary nitrogens is 2. The largest absolute Gasteiger partial charge is 1.00 e.